The van der Waals surface area contributed by atoms with Gasteiger partial charge in [-0.3, -0.25) is 4.79 Å². The summed E-state index contributed by atoms with van der Waals surface area (Å²) in [7, 11) is 0. The van der Waals surface area contributed by atoms with E-state index in [1.807, 2.05) is 26.0 Å². The number of amides is 1. The summed E-state index contributed by atoms with van der Waals surface area (Å²) in [5.41, 5.74) is 1.07. The summed E-state index contributed by atoms with van der Waals surface area (Å²) in [6.45, 7) is 7.56. The summed E-state index contributed by atoms with van der Waals surface area (Å²) in [6.07, 6.45) is 1.79. The van der Waals surface area contributed by atoms with Crippen molar-refractivity contribution in [3.8, 4) is 0 Å². The number of nitrogens with one attached hydrogen (secondary N) is 1. The highest BCUT2D eigenvalue weighted by atomic mass is 16.5. The minimum atomic E-state index is 0.0144. The molecule has 1 fully saturated rings. The van der Waals surface area contributed by atoms with Gasteiger partial charge in [0.15, 0.2) is 0 Å². The van der Waals surface area contributed by atoms with Crippen LogP contribution >= 0.6 is 0 Å². The number of aromatic nitrogens is 1. The molecule has 0 aromatic carbocycles. The maximum Gasteiger partial charge on any atom is 0.222 e. The van der Waals surface area contributed by atoms with E-state index < -0.39 is 0 Å². The number of anilines is 1. The molecule has 0 atom stereocenters. The van der Waals surface area contributed by atoms with Crippen LogP contribution in [0.1, 0.15) is 19.4 Å². The average molecular weight is 263 g/mol. The van der Waals surface area contributed by atoms with E-state index in [4.69, 9.17) is 4.74 Å². The van der Waals surface area contributed by atoms with Crippen LogP contribution in [0.5, 0.6) is 0 Å². The van der Waals surface area contributed by atoms with Crippen LogP contribution in [0.4, 0.5) is 5.82 Å². The Labute approximate surface area is 114 Å². The van der Waals surface area contributed by atoms with Gasteiger partial charge in [-0.1, -0.05) is 13.8 Å². The Balaban J connectivity index is 1.96. The number of hydrogen-bond donors (Lipinski definition) is 1. The number of hydrogen-bond acceptors (Lipinski definition) is 4. The van der Waals surface area contributed by atoms with Crippen LogP contribution in [0.25, 0.3) is 0 Å². The third-order valence-electron chi connectivity index (χ3n) is 3.14. The molecule has 2 rings (SSSR count). The number of carbonyl (C=O) groups excluding carboxylic acids is 1. The fourth-order valence-electron chi connectivity index (χ4n) is 1.93. The Morgan fingerprint density at radius 3 is 2.89 bits per heavy atom. The Morgan fingerprint density at radius 2 is 2.21 bits per heavy atom. The van der Waals surface area contributed by atoms with E-state index >= 15 is 0 Å². The lowest BCUT2D eigenvalue weighted by molar-refractivity contribution is -0.124. The van der Waals surface area contributed by atoms with E-state index in [0.29, 0.717) is 6.54 Å². The number of ether oxygens (including phenoxy) is 1. The SMILES string of the molecule is CC(C)C(=O)NCc1ccnc(N2CCOCC2)c1. The molecule has 1 aliphatic heterocycles. The van der Waals surface area contributed by atoms with E-state index in [1.54, 1.807) is 6.20 Å². The van der Waals surface area contributed by atoms with E-state index in [2.05, 4.69) is 15.2 Å². The smallest absolute Gasteiger partial charge is 0.222 e. The van der Waals surface area contributed by atoms with Crippen LogP contribution in [-0.2, 0) is 16.1 Å². The van der Waals surface area contributed by atoms with Gasteiger partial charge in [0.25, 0.3) is 0 Å². The molecule has 0 spiro atoms. The van der Waals surface area contributed by atoms with Gasteiger partial charge in [0.1, 0.15) is 5.82 Å². The molecule has 0 aliphatic carbocycles. The van der Waals surface area contributed by atoms with Crippen molar-refractivity contribution in [3.63, 3.8) is 0 Å². The van der Waals surface area contributed by atoms with Crippen LogP contribution in [0.3, 0.4) is 0 Å². The lowest BCUT2D eigenvalue weighted by Gasteiger charge is -2.28. The van der Waals surface area contributed by atoms with Crippen molar-refractivity contribution in [2.24, 2.45) is 5.92 Å². The first kappa shape index (κ1) is 13.8. The molecule has 0 radical (unpaired) electrons. The number of morpholine rings is 1. The zero-order valence-corrected chi connectivity index (χ0v) is 11.6. The quantitative estimate of drug-likeness (QED) is 0.886. The first-order valence-electron chi connectivity index (χ1n) is 6.72. The Bertz CT molecular complexity index is 428. The summed E-state index contributed by atoms with van der Waals surface area (Å²) in [4.78, 5) is 18.1. The topological polar surface area (TPSA) is 54.5 Å². The Hall–Kier alpha value is -1.62. The largest absolute Gasteiger partial charge is 0.378 e. The van der Waals surface area contributed by atoms with Crippen LogP contribution < -0.4 is 10.2 Å². The first-order chi connectivity index (χ1) is 9.16. The highest BCUT2D eigenvalue weighted by Gasteiger charge is 2.13. The van der Waals surface area contributed by atoms with Crippen molar-refractivity contribution in [3.05, 3.63) is 23.9 Å². The van der Waals surface area contributed by atoms with Gasteiger partial charge in [0, 0.05) is 31.7 Å². The van der Waals surface area contributed by atoms with Crippen LogP contribution in [-0.4, -0.2) is 37.2 Å². The number of nitrogens with zero attached hydrogens (tertiary/aromatic N) is 2. The molecule has 0 unspecified atom stereocenters. The second-order valence-electron chi connectivity index (χ2n) is 4.99. The van der Waals surface area contributed by atoms with Gasteiger partial charge < -0.3 is 15.0 Å². The number of carbonyl (C=O) groups is 1. The predicted molar refractivity (Wildman–Crippen MR) is 74.0 cm³/mol. The van der Waals surface area contributed by atoms with E-state index in [9.17, 15) is 4.79 Å². The average Bonchev–Trinajstić information content (AvgIpc) is 2.46. The molecule has 104 valence electrons. The minimum Gasteiger partial charge on any atom is -0.378 e. The van der Waals surface area contributed by atoms with Gasteiger partial charge in [-0.05, 0) is 17.7 Å². The molecule has 1 saturated heterocycles. The van der Waals surface area contributed by atoms with Gasteiger partial charge in [-0.25, -0.2) is 4.98 Å². The molecule has 1 aromatic heterocycles. The van der Waals surface area contributed by atoms with Crippen molar-refractivity contribution in [2.75, 3.05) is 31.2 Å². The molecular weight excluding hydrogens is 242 g/mol. The third kappa shape index (κ3) is 3.92. The van der Waals surface area contributed by atoms with E-state index in [1.165, 1.54) is 0 Å². The molecule has 5 nitrogen and oxygen atoms in total. The molecule has 19 heavy (non-hydrogen) atoms. The van der Waals surface area contributed by atoms with Crippen molar-refractivity contribution in [1.29, 1.82) is 0 Å². The summed E-state index contributed by atoms with van der Waals surface area (Å²) in [6, 6.07) is 3.97. The lowest BCUT2D eigenvalue weighted by Crippen LogP contribution is -2.36. The van der Waals surface area contributed by atoms with Gasteiger partial charge in [-0.15, -0.1) is 0 Å². The molecular formula is C14H21N3O2. The van der Waals surface area contributed by atoms with Gasteiger partial charge >= 0.3 is 0 Å². The van der Waals surface area contributed by atoms with Crippen molar-refractivity contribution >= 4 is 11.7 Å². The maximum absolute atomic E-state index is 11.5. The molecule has 2 heterocycles. The summed E-state index contributed by atoms with van der Waals surface area (Å²) in [5.74, 6) is 1.05. The minimum absolute atomic E-state index is 0.0144. The van der Waals surface area contributed by atoms with Gasteiger partial charge in [0.2, 0.25) is 5.91 Å². The molecule has 0 bridgehead atoms. The zero-order chi connectivity index (χ0) is 13.7. The number of rotatable bonds is 4. The summed E-state index contributed by atoms with van der Waals surface area (Å²) >= 11 is 0. The van der Waals surface area contributed by atoms with Crippen LogP contribution in [0, 0.1) is 5.92 Å². The molecule has 1 aromatic rings. The second kappa shape index (κ2) is 6.52. The molecule has 1 N–H and O–H groups in total. The molecule has 1 amide bonds. The second-order valence-corrected chi connectivity index (χ2v) is 4.99. The third-order valence-corrected chi connectivity index (χ3v) is 3.14. The normalized spacial score (nSPS) is 15.6. The summed E-state index contributed by atoms with van der Waals surface area (Å²) in [5, 5.41) is 2.92. The summed E-state index contributed by atoms with van der Waals surface area (Å²) < 4.78 is 5.33. The van der Waals surface area contributed by atoms with Gasteiger partial charge in [0.05, 0.1) is 13.2 Å². The monoisotopic (exact) mass is 263 g/mol. The predicted octanol–water partition coefficient (Wildman–Crippen LogP) is 1.19. The standard InChI is InChI=1S/C14H21N3O2/c1-11(2)14(18)16-10-12-3-4-15-13(9-12)17-5-7-19-8-6-17/h3-4,9,11H,5-8,10H2,1-2H3,(H,16,18). The fourth-order valence-corrected chi connectivity index (χ4v) is 1.93. The number of pyridine rings is 1. The highest BCUT2D eigenvalue weighted by molar-refractivity contribution is 5.77. The lowest BCUT2D eigenvalue weighted by atomic mass is 10.2. The van der Waals surface area contributed by atoms with Crippen LogP contribution in [0.15, 0.2) is 18.3 Å². The first-order valence-corrected chi connectivity index (χ1v) is 6.72. The molecule has 5 heteroatoms. The zero-order valence-electron chi connectivity index (χ0n) is 11.6. The van der Waals surface area contributed by atoms with Crippen molar-refractivity contribution in [1.82, 2.24) is 10.3 Å². The van der Waals surface area contributed by atoms with E-state index in [-0.39, 0.29) is 11.8 Å². The Morgan fingerprint density at radius 1 is 1.47 bits per heavy atom. The van der Waals surface area contributed by atoms with Crippen molar-refractivity contribution < 1.29 is 9.53 Å². The maximum atomic E-state index is 11.5. The Kier molecular flexibility index (Phi) is 4.74. The highest BCUT2D eigenvalue weighted by Crippen LogP contribution is 2.14. The van der Waals surface area contributed by atoms with Crippen molar-refractivity contribution in [2.45, 2.75) is 20.4 Å². The van der Waals surface area contributed by atoms with Gasteiger partial charge in [-0.2, -0.15) is 0 Å². The fraction of sp³-hybridized carbons (Fsp3) is 0.571. The molecule has 1 aliphatic rings. The van der Waals surface area contributed by atoms with Crippen LogP contribution in [0.2, 0.25) is 0 Å². The molecule has 0 saturated carbocycles. The van der Waals surface area contributed by atoms with E-state index in [0.717, 1.165) is 37.7 Å².